The fourth-order valence-corrected chi connectivity index (χ4v) is 2.91. The van der Waals surface area contributed by atoms with Gasteiger partial charge >= 0.3 is 6.18 Å². The molecule has 0 amide bonds. The minimum atomic E-state index is -4.24. The number of hydrogen-bond acceptors (Lipinski definition) is 2. The van der Waals surface area contributed by atoms with Crippen molar-refractivity contribution in [2.45, 2.75) is 17.1 Å². The lowest BCUT2D eigenvalue weighted by molar-refractivity contribution is -0.137. The van der Waals surface area contributed by atoms with Crippen molar-refractivity contribution < 1.29 is 13.2 Å². The van der Waals surface area contributed by atoms with E-state index in [1.807, 2.05) is 7.05 Å². The molecule has 0 radical (unpaired) electrons. The Balaban J connectivity index is 2.37. The van der Waals surface area contributed by atoms with Crippen molar-refractivity contribution in [3.05, 3.63) is 29.3 Å². The lowest BCUT2D eigenvalue weighted by Gasteiger charge is -2.11. The first-order chi connectivity index (χ1) is 7.02. The maximum Gasteiger partial charge on any atom is 0.416 e. The largest absolute Gasteiger partial charge is 0.416 e. The molecule has 1 unspecified atom stereocenters. The third-order valence-electron chi connectivity index (χ3n) is 2.47. The van der Waals surface area contributed by atoms with Crippen molar-refractivity contribution in [1.29, 1.82) is 0 Å². The maximum atomic E-state index is 12.4. The van der Waals surface area contributed by atoms with Crippen molar-refractivity contribution >= 4 is 11.8 Å². The van der Waals surface area contributed by atoms with Crippen LogP contribution in [0.4, 0.5) is 13.2 Å². The van der Waals surface area contributed by atoms with E-state index >= 15 is 0 Å². The standard InChI is InChI=1S/C10H10F3NS/c1-14-8-5-15-9-4-6(10(11,12)13)2-3-7(8)9/h2-4,8,14H,5H2,1H3. The molecule has 1 nitrogen and oxygen atoms in total. The van der Waals surface area contributed by atoms with Gasteiger partial charge in [-0.3, -0.25) is 0 Å². The van der Waals surface area contributed by atoms with Crippen LogP contribution >= 0.6 is 11.8 Å². The number of rotatable bonds is 1. The minimum absolute atomic E-state index is 0.173. The van der Waals surface area contributed by atoms with E-state index in [0.29, 0.717) is 0 Å². The van der Waals surface area contributed by atoms with Gasteiger partial charge in [0, 0.05) is 16.7 Å². The van der Waals surface area contributed by atoms with Gasteiger partial charge in [-0.25, -0.2) is 0 Å². The Morgan fingerprint density at radius 2 is 2.13 bits per heavy atom. The topological polar surface area (TPSA) is 12.0 Å². The molecule has 1 aromatic carbocycles. The highest BCUT2D eigenvalue weighted by Gasteiger charge is 2.32. The van der Waals surface area contributed by atoms with E-state index in [2.05, 4.69) is 5.32 Å². The molecule has 0 aliphatic carbocycles. The van der Waals surface area contributed by atoms with Crippen molar-refractivity contribution in [3.8, 4) is 0 Å². The second-order valence-corrected chi connectivity index (χ2v) is 4.46. The van der Waals surface area contributed by atoms with Crippen LogP contribution in [-0.4, -0.2) is 12.8 Å². The summed E-state index contributed by atoms with van der Waals surface area (Å²) in [6, 6.07) is 4.12. The zero-order valence-corrected chi connectivity index (χ0v) is 8.88. The van der Waals surface area contributed by atoms with Gasteiger partial charge < -0.3 is 5.32 Å². The summed E-state index contributed by atoms with van der Waals surface area (Å²) in [5.74, 6) is 0.799. The summed E-state index contributed by atoms with van der Waals surface area (Å²) >= 11 is 1.47. The van der Waals surface area contributed by atoms with Gasteiger partial charge in [0.2, 0.25) is 0 Å². The maximum absolute atomic E-state index is 12.4. The van der Waals surface area contributed by atoms with Gasteiger partial charge in [-0.15, -0.1) is 11.8 Å². The highest BCUT2D eigenvalue weighted by molar-refractivity contribution is 7.99. The molecule has 0 aromatic heterocycles. The molecule has 0 saturated carbocycles. The van der Waals surface area contributed by atoms with Gasteiger partial charge in [-0.05, 0) is 24.7 Å². The molecule has 0 spiro atoms. The SMILES string of the molecule is CNC1CSc2cc(C(F)(F)F)ccc21. The zero-order valence-electron chi connectivity index (χ0n) is 8.06. The lowest BCUT2D eigenvalue weighted by Crippen LogP contribution is -2.15. The first-order valence-electron chi connectivity index (χ1n) is 4.53. The van der Waals surface area contributed by atoms with Crippen molar-refractivity contribution in [2.24, 2.45) is 0 Å². The number of thioether (sulfide) groups is 1. The number of nitrogens with one attached hydrogen (secondary N) is 1. The van der Waals surface area contributed by atoms with Crippen LogP contribution in [0.15, 0.2) is 23.1 Å². The van der Waals surface area contributed by atoms with Crippen molar-refractivity contribution in [1.82, 2.24) is 5.32 Å². The Morgan fingerprint density at radius 3 is 2.73 bits per heavy atom. The summed E-state index contributed by atoms with van der Waals surface area (Å²) in [5, 5.41) is 3.08. The van der Waals surface area contributed by atoms with Crippen LogP contribution in [0.3, 0.4) is 0 Å². The third-order valence-corrected chi connectivity index (χ3v) is 3.63. The number of hydrogen-bond donors (Lipinski definition) is 1. The molecule has 2 rings (SSSR count). The Labute approximate surface area is 90.1 Å². The van der Waals surface area contributed by atoms with E-state index < -0.39 is 11.7 Å². The van der Waals surface area contributed by atoms with Gasteiger partial charge in [0.25, 0.3) is 0 Å². The Kier molecular flexibility index (Phi) is 2.68. The van der Waals surface area contributed by atoms with Gasteiger partial charge in [0.05, 0.1) is 5.56 Å². The summed E-state index contributed by atoms with van der Waals surface area (Å²) in [6.07, 6.45) is -4.24. The molecule has 1 N–H and O–H groups in total. The van der Waals surface area contributed by atoms with Crippen LogP contribution in [0, 0.1) is 0 Å². The van der Waals surface area contributed by atoms with Crippen LogP contribution in [0.25, 0.3) is 0 Å². The van der Waals surface area contributed by atoms with Gasteiger partial charge in [-0.2, -0.15) is 13.2 Å². The monoisotopic (exact) mass is 233 g/mol. The van der Waals surface area contributed by atoms with E-state index in [0.717, 1.165) is 22.3 Å². The minimum Gasteiger partial charge on any atom is -0.312 e. The molecule has 1 aliphatic rings. The zero-order chi connectivity index (χ0) is 11.1. The molecular formula is C10H10F3NS. The van der Waals surface area contributed by atoms with Crippen LogP contribution < -0.4 is 5.32 Å². The molecule has 1 heterocycles. The summed E-state index contributed by atoms with van der Waals surface area (Å²) in [5.41, 5.74) is 0.404. The highest BCUT2D eigenvalue weighted by atomic mass is 32.2. The smallest absolute Gasteiger partial charge is 0.312 e. The van der Waals surface area contributed by atoms with Gasteiger partial charge in [0.15, 0.2) is 0 Å². The molecule has 0 saturated heterocycles. The van der Waals surface area contributed by atoms with Crippen LogP contribution in [0.5, 0.6) is 0 Å². The molecule has 1 aliphatic heterocycles. The molecule has 0 bridgehead atoms. The predicted octanol–water partition coefficient (Wildman–Crippen LogP) is 3.07. The van der Waals surface area contributed by atoms with Crippen LogP contribution in [-0.2, 0) is 6.18 Å². The second-order valence-electron chi connectivity index (χ2n) is 3.40. The Bertz CT molecular complexity index is 375. The Hall–Kier alpha value is -0.680. The first-order valence-corrected chi connectivity index (χ1v) is 5.52. The molecule has 1 aromatic rings. The highest BCUT2D eigenvalue weighted by Crippen LogP contribution is 2.41. The van der Waals surface area contributed by atoms with Crippen molar-refractivity contribution in [3.63, 3.8) is 0 Å². The molecule has 5 heteroatoms. The van der Waals surface area contributed by atoms with E-state index in [-0.39, 0.29) is 6.04 Å². The summed E-state index contributed by atoms with van der Waals surface area (Å²) < 4.78 is 37.2. The fraction of sp³-hybridized carbons (Fsp3) is 0.400. The quantitative estimate of drug-likeness (QED) is 0.800. The lowest BCUT2D eigenvalue weighted by atomic mass is 10.1. The van der Waals surface area contributed by atoms with Gasteiger partial charge in [-0.1, -0.05) is 6.07 Å². The third kappa shape index (κ3) is 1.99. The number of alkyl halides is 3. The molecule has 1 atom stereocenters. The number of fused-ring (bicyclic) bond motifs is 1. The Morgan fingerprint density at radius 1 is 1.40 bits per heavy atom. The molecule has 15 heavy (non-hydrogen) atoms. The van der Waals surface area contributed by atoms with Crippen LogP contribution in [0.1, 0.15) is 17.2 Å². The van der Waals surface area contributed by atoms with E-state index in [1.54, 1.807) is 6.07 Å². The van der Waals surface area contributed by atoms with E-state index in [1.165, 1.54) is 17.8 Å². The summed E-state index contributed by atoms with van der Waals surface area (Å²) in [6.45, 7) is 0. The molecule has 0 fully saturated rings. The number of halogens is 3. The van der Waals surface area contributed by atoms with Gasteiger partial charge in [0.1, 0.15) is 0 Å². The normalized spacial score (nSPS) is 20.4. The summed E-state index contributed by atoms with van der Waals surface area (Å²) in [4.78, 5) is 0.740. The average molecular weight is 233 g/mol. The number of benzene rings is 1. The average Bonchev–Trinajstić information content (AvgIpc) is 2.58. The van der Waals surface area contributed by atoms with E-state index in [4.69, 9.17) is 0 Å². The predicted molar refractivity (Wildman–Crippen MR) is 54.0 cm³/mol. The fourth-order valence-electron chi connectivity index (χ4n) is 1.63. The first kappa shape index (κ1) is 10.8. The second kappa shape index (κ2) is 3.72. The van der Waals surface area contributed by atoms with E-state index in [9.17, 15) is 13.2 Å². The molecular weight excluding hydrogens is 223 g/mol. The molecule has 82 valence electrons. The van der Waals surface area contributed by atoms with Crippen LogP contribution in [0.2, 0.25) is 0 Å². The van der Waals surface area contributed by atoms with Crippen molar-refractivity contribution in [2.75, 3.05) is 12.8 Å². The summed E-state index contributed by atoms with van der Waals surface area (Å²) in [7, 11) is 1.82.